The fourth-order valence-corrected chi connectivity index (χ4v) is 3.27. The lowest BCUT2D eigenvalue weighted by molar-refractivity contribution is 0.395. The van der Waals surface area contributed by atoms with Crippen molar-refractivity contribution >= 4 is 27.1 Å². The molecular formula is C17H17NO2S. The Balaban J connectivity index is 1.81. The molecule has 0 amide bonds. The molecule has 0 unspecified atom stereocenters. The number of rotatable bonds is 5. The fourth-order valence-electron chi connectivity index (χ4n) is 2.30. The Hall–Kier alpha value is -2.20. The summed E-state index contributed by atoms with van der Waals surface area (Å²) in [4.78, 5) is 0. The molecule has 3 nitrogen and oxygen atoms in total. The third-order valence-corrected chi connectivity index (χ3v) is 4.45. The van der Waals surface area contributed by atoms with Crippen LogP contribution < -0.4 is 14.8 Å². The van der Waals surface area contributed by atoms with Crippen LogP contribution in [0.1, 0.15) is 5.56 Å². The molecular weight excluding hydrogens is 282 g/mol. The molecule has 0 spiro atoms. The molecule has 1 heterocycles. The highest BCUT2D eigenvalue weighted by Gasteiger charge is 2.07. The van der Waals surface area contributed by atoms with Crippen LogP contribution in [0.2, 0.25) is 0 Å². The Morgan fingerprint density at radius 1 is 1.05 bits per heavy atom. The Labute approximate surface area is 128 Å². The molecule has 2 aromatic carbocycles. The summed E-state index contributed by atoms with van der Waals surface area (Å²) in [5.41, 5.74) is 2.27. The summed E-state index contributed by atoms with van der Waals surface area (Å²) >= 11 is 1.77. The maximum atomic E-state index is 5.41. The zero-order valence-electron chi connectivity index (χ0n) is 12.1. The molecule has 1 aromatic heterocycles. The van der Waals surface area contributed by atoms with E-state index in [2.05, 4.69) is 35.0 Å². The smallest absolute Gasteiger partial charge is 0.145 e. The number of hydrogen-bond acceptors (Lipinski definition) is 4. The molecule has 0 radical (unpaired) electrons. The second-order valence-electron chi connectivity index (χ2n) is 4.68. The number of anilines is 1. The van der Waals surface area contributed by atoms with Gasteiger partial charge in [0, 0.05) is 17.3 Å². The van der Waals surface area contributed by atoms with Crippen molar-refractivity contribution in [2.75, 3.05) is 19.5 Å². The van der Waals surface area contributed by atoms with Gasteiger partial charge in [-0.25, -0.2) is 0 Å². The van der Waals surface area contributed by atoms with Crippen molar-refractivity contribution < 1.29 is 9.47 Å². The van der Waals surface area contributed by atoms with Crippen LogP contribution in [0.3, 0.4) is 0 Å². The Kier molecular flexibility index (Phi) is 3.97. The number of thiophene rings is 1. The van der Waals surface area contributed by atoms with E-state index >= 15 is 0 Å². The van der Waals surface area contributed by atoms with Crippen molar-refractivity contribution in [3.8, 4) is 11.5 Å². The van der Waals surface area contributed by atoms with E-state index in [1.54, 1.807) is 25.6 Å². The molecule has 4 heteroatoms. The molecule has 0 saturated heterocycles. The van der Waals surface area contributed by atoms with E-state index in [9.17, 15) is 0 Å². The average Bonchev–Trinajstić information content (AvgIpc) is 2.96. The average molecular weight is 299 g/mol. The third kappa shape index (κ3) is 2.81. The summed E-state index contributed by atoms with van der Waals surface area (Å²) in [6.07, 6.45) is 0. The normalized spacial score (nSPS) is 10.6. The summed E-state index contributed by atoms with van der Waals surface area (Å²) in [6, 6.07) is 14.2. The van der Waals surface area contributed by atoms with E-state index < -0.39 is 0 Å². The Bertz CT molecular complexity index is 751. The predicted octanol–water partition coefficient (Wildman–Crippen LogP) is 4.53. The van der Waals surface area contributed by atoms with Crippen LogP contribution in [0.15, 0.2) is 47.8 Å². The number of hydrogen-bond donors (Lipinski definition) is 1. The second-order valence-corrected chi connectivity index (χ2v) is 5.59. The molecule has 0 aliphatic heterocycles. The Morgan fingerprint density at radius 2 is 1.90 bits per heavy atom. The van der Waals surface area contributed by atoms with E-state index in [0.717, 1.165) is 23.7 Å². The first kappa shape index (κ1) is 13.8. The number of benzene rings is 2. The third-order valence-electron chi connectivity index (χ3n) is 3.44. The quantitative estimate of drug-likeness (QED) is 0.751. The molecule has 3 rings (SSSR count). The van der Waals surface area contributed by atoms with Crippen molar-refractivity contribution in [3.63, 3.8) is 0 Å². The van der Waals surface area contributed by atoms with Gasteiger partial charge in [-0.05, 0) is 34.5 Å². The van der Waals surface area contributed by atoms with Gasteiger partial charge < -0.3 is 14.8 Å². The highest BCUT2D eigenvalue weighted by atomic mass is 32.1. The minimum Gasteiger partial charge on any atom is -0.497 e. The second kappa shape index (κ2) is 6.06. The molecule has 0 bridgehead atoms. The standard InChI is InChI=1S/C17H17NO2S/c1-19-13-7-8-15(16(9-13)20-2)18-10-12-11-21-17-6-4-3-5-14(12)17/h3-9,11,18H,10H2,1-2H3. The van der Waals surface area contributed by atoms with Gasteiger partial charge in [0.2, 0.25) is 0 Å². The topological polar surface area (TPSA) is 30.5 Å². The molecule has 3 aromatic rings. The van der Waals surface area contributed by atoms with Crippen molar-refractivity contribution in [3.05, 3.63) is 53.4 Å². The van der Waals surface area contributed by atoms with Gasteiger partial charge in [-0.3, -0.25) is 0 Å². The van der Waals surface area contributed by atoms with Crippen LogP contribution in [0, 0.1) is 0 Å². The summed E-state index contributed by atoms with van der Waals surface area (Å²) in [7, 11) is 3.32. The number of fused-ring (bicyclic) bond motifs is 1. The van der Waals surface area contributed by atoms with Gasteiger partial charge in [0.05, 0.1) is 19.9 Å². The van der Waals surface area contributed by atoms with Crippen LogP contribution >= 0.6 is 11.3 Å². The summed E-state index contributed by atoms with van der Waals surface area (Å²) in [5, 5.41) is 6.95. The molecule has 0 fully saturated rings. The molecule has 0 aliphatic carbocycles. The van der Waals surface area contributed by atoms with Crippen LogP contribution in [-0.4, -0.2) is 14.2 Å². The SMILES string of the molecule is COc1ccc(NCc2csc3ccccc23)c(OC)c1. The van der Waals surface area contributed by atoms with Gasteiger partial charge in [0.15, 0.2) is 0 Å². The lowest BCUT2D eigenvalue weighted by atomic mass is 10.1. The first-order chi connectivity index (χ1) is 10.3. The van der Waals surface area contributed by atoms with Crippen LogP contribution in [-0.2, 0) is 6.54 Å². The first-order valence-electron chi connectivity index (χ1n) is 6.73. The van der Waals surface area contributed by atoms with Crippen molar-refractivity contribution in [2.24, 2.45) is 0 Å². The van der Waals surface area contributed by atoms with Gasteiger partial charge in [-0.15, -0.1) is 11.3 Å². The van der Waals surface area contributed by atoms with Gasteiger partial charge >= 0.3 is 0 Å². The van der Waals surface area contributed by atoms with E-state index in [1.165, 1.54) is 15.6 Å². The van der Waals surface area contributed by atoms with Crippen LogP contribution in [0.25, 0.3) is 10.1 Å². The zero-order valence-corrected chi connectivity index (χ0v) is 12.9. The zero-order chi connectivity index (χ0) is 14.7. The molecule has 1 N–H and O–H groups in total. The van der Waals surface area contributed by atoms with E-state index in [0.29, 0.717) is 0 Å². The molecule has 21 heavy (non-hydrogen) atoms. The van der Waals surface area contributed by atoms with Crippen molar-refractivity contribution in [1.82, 2.24) is 0 Å². The van der Waals surface area contributed by atoms with Crippen molar-refractivity contribution in [1.29, 1.82) is 0 Å². The Morgan fingerprint density at radius 3 is 2.71 bits per heavy atom. The van der Waals surface area contributed by atoms with Gasteiger partial charge in [-0.2, -0.15) is 0 Å². The monoisotopic (exact) mass is 299 g/mol. The first-order valence-corrected chi connectivity index (χ1v) is 7.61. The van der Waals surface area contributed by atoms with E-state index in [-0.39, 0.29) is 0 Å². The van der Waals surface area contributed by atoms with Gasteiger partial charge in [0.25, 0.3) is 0 Å². The number of nitrogens with one attached hydrogen (secondary N) is 1. The maximum absolute atomic E-state index is 5.41. The minimum atomic E-state index is 0.771. The molecule has 0 aliphatic rings. The maximum Gasteiger partial charge on any atom is 0.145 e. The number of methoxy groups -OCH3 is 2. The number of ether oxygens (including phenoxy) is 2. The minimum absolute atomic E-state index is 0.771. The van der Waals surface area contributed by atoms with Gasteiger partial charge in [0.1, 0.15) is 11.5 Å². The highest BCUT2D eigenvalue weighted by molar-refractivity contribution is 7.17. The van der Waals surface area contributed by atoms with Crippen LogP contribution in [0.5, 0.6) is 11.5 Å². The molecule has 108 valence electrons. The molecule has 0 atom stereocenters. The predicted molar refractivity (Wildman–Crippen MR) is 88.7 cm³/mol. The summed E-state index contributed by atoms with van der Waals surface area (Å²) in [5.74, 6) is 1.58. The van der Waals surface area contributed by atoms with E-state index in [1.807, 2.05) is 18.2 Å². The summed E-state index contributed by atoms with van der Waals surface area (Å²) < 4.78 is 11.9. The largest absolute Gasteiger partial charge is 0.497 e. The lowest BCUT2D eigenvalue weighted by Crippen LogP contribution is -2.01. The fraction of sp³-hybridized carbons (Fsp3) is 0.176. The molecule has 0 saturated carbocycles. The highest BCUT2D eigenvalue weighted by Crippen LogP contribution is 2.31. The summed E-state index contributed by atoms with van der Waals surface area (Å²) in [6.45, 7) is 0.771. The van der Waals surface area contributed by atoms with Crippen LogP contribution in [0.4, 0.5) is 5.69 Å². The van der Waals surface area contributed by atoms with Crippen molar-refractivity contribution in [2.45, 2.75) is 6.54 Å². The lowest BCUT2D eigenvalue weighted by Gasteiger charge is -2.12. The van der Waals surface area contributed by atoms with E-state index in [4.69, 9.17) is 9.47 Å². The van der Waals surface area contributed by atoms with Gasteiger partial charge in [-0.1, -0.05) is 18.2 Å².